The van der Waals surface area contributed by atoms with Crippen molar-refractivity contribution in [3.05, 3.63) is 21.4 Å². The number of carbonyl (C=O) groups excluding carboxylic acids is 1. The van der Waals surface area contributed by atoms with Crippen LogP contribution in [0.5, 0.6) is 0 Å². The minimum Gasteiger partial charge on any atom is -0.365 e. The molecule has 0 saturated heterocycles. The lowest BCUT2D eigenvalue weighted by Gasteiger charge is -2.15. The van der Waals surface area contributed by atoms with E-state index in [1.54, 1.807) is 11.3 Å². The molecule has 13 heavy (non-hydrogen) atoms. The predicted octanol–water partition coefficient (Wildman–Crippen LogP) is 1.97. The lowest BCUT2D eigenvalue weighted by atomic mass is 9.91. The number of carbonyl (C=O) groups is 1. The lowest BCUT2D eigenvalue weighted by Crippen LogP contribution is -2.11. The molecule has 3 heteroatoms. The maximum Gasteiger partial charge on any atom is 0.258 e. The highest BCUT2D eigenvalue weighted by atomic mass is 32.1. The number of hydrogen-bond donors (Lipinski definition) is 1. The van der Waals surface area contributed by atoms with Crippen LogP contribution in [0, 0.1) is 5.41 Å². The van der Waals surface area contributed by atoms with Crippen LogP contribution < -0.4 is 5.73 Å². The van der Waals surface area contributed by atoms with Gasteiger partial charge in [-0.15, -0.1) is 11.3 Å². The molecule has 1 aliphatic carbocycles. The van der Waals surface area contributed by atoms with Gasteiger partial charge in [0.25, 0.3) is 5.91 Å². The molecule has 0 aromatic carbocycles. The van der Waals surface area contributed by atoms with Crippen molar-refractivity contribution in [2.75, 3.05) is 0 Å². The Morgan fingerprint density at radius 1 is 1.54 bits per heavy atom. The third-order valence-electron chi connectivity index (χ3n) is 2.45. The van der Waals surface area contributed by atoms with Gasteiger partial charge < -0.3 is 5.73 Å². The number of rotatable bonds is 1. The largest absolute Gasteiger partial charge is 0.365 e. The summed E-state index contributed by atoms with van der Waals surface area (Å²) in [6.45, 7) is 4.51. The first-order valence-electron chi connectivity index (χ1n) is 4.39. The molecule has 1 aromatic heterocycles. The highest BCUT2D eigenvalue weighted by Gasteiger charge is 2.30. The van der Waals surface area contributed by atoms with Gasteiger partial charge in [0.2, 0.25) is 0 Å². The molecule has 0 spiro atoms. The summed E-state index contributed by atoms with van der Waals surface area (Å²) in [6, 6.07) is 1.96. The minimum atomic E-state index is -0.294. The van der Waals surface area contributed by atoms with Crippen LogP contribution in [0.2, 0.25) is 0 Å². The van der Waals surface area contributed by atoms with E-state index in [0.29, 0.717) is 10.3 Å². The lowest BCUT2D eigenvalue weighted by molar-refractivity contribution is 0.100. The number of amides is 1. The van der Waals surface area contributed by atoms with Crippen molar-refractivity contribution in [1.29, 1.82) is 0 Å². The first kappa shape index (κ1) is 8.75. The predicted molar refractivity (Wildman–Crippen MR) is 54.0 cm³/mol. The summed E-state index contributed by atoms with van der Waals surface area (Å²) >= 11 is 1.56. The van der Waals surface area contributed by atoms with Gasteiger partial charge in [0.05, 0.1) is 4.88 Å². The summed E-state index contributed by atoms with van der Waals surface area (Å²) in [7, 11) is 0. The fourth-order valence-electron chi connectivity index (χ4n) is 1.90. The third kappa shape index (κ3) is 1.48. The Hall–Kier alpha value is -0.830. The molecule has 0 fully saturated rings. The minimum absolute atomic E-state index is 0.294. The van der Waals surface area contributed by atoms with Gasteiger partial charge in [-0.3, -0.25) is 4.79 Å². The van der Waals surface area contributed by atoms with E-state index in [2.05, 4.69) is 13.8 Å². The van der Waals surface area contributed by atoms with E-state index in [9.17, 15) is 4.79 Å². The first-order chi connectivity index (χ1) is 5.98. The van der Waals surface area contributed by atoms with Crippen molar-refractivity contribution in [2.24, 2.45) is 11.1 Å². The van der Waals surface area contributed by atoms with Gasteiger partial charge in [-0.2, -0.15) is 0 Å². The molecular formula is C10H13NOS. The molecule has 1 aromatic rings. The second kappa shape index (κ2) is 2.58. The molecule has 0 aliphatic heterocycles. The zero-order chi connectivity index (χ0) is 9.64. The Kier molecular flexibility index (Phi) is 1.74. The Morgan fingerprint density at radius 2 is 2.23 bits per heavy atom. The average Bonchev–Trinajstić information content (AvgIpc) is 2.39. The Balaban J connectivity index is 2.34. The van der Waals surface area contributed by atoms with Gasteiger partial charge in [0.15, 0.2) is 0 Å². The van der Waals surface area contributed by atoms with E-state index < -0.39 is 0 Å². The van der Waals surface area contributed by atoms with Crippen LogP contribution in [0.4, 0.5) is 0 Å². The maximum absolute atomic E-state index is 10.9. The summed E-state index contributed by atoms with van der Waals surface area (Å²) in [5.41, 5.74) is 6.91. The molecule has 0 atom stereocenters. The second-order valence-corrected chi connectivity index (χ2v) is 5.58. The smallest absolute Gasteiger partial charge is 0.258 e. The van der Waals surface area contributed by atoms with Crippen LogP contribution in [0.1, 0.15) is 34.0 Å². The van der Waals surface area contributed by atoms with Crippen LogP contribution in [-0.2, 0) is 12.8 Å². The fraction of sp³-hybridized carbons (Fsp3) is 0.500. The van der Waals surface area contributed by atoms with Crippen molar-refractivity contribution in [1.82, 2.24) is 0 Å². The van der Waals surface area contributed by atoms with Crippen molar-refractivity contribution >= 4 is 17.2 Å². The normalized spacial score (nSPS) is 18.6. The van der Waals surface area contributed by atoms with E-state index in [4.69, 9.17) is 5.73 Å². The summed E-state index contributed by atoms with van der Waals surface area (Å²) in [6.07, 6.45) is 2.16. The van der Waals surface area contributed by atoms with Gasteiger partial charge in [-0.25, -0.2) is 0 Å². The van der Waals surface area contributed by atoms with E-state index in [-0.39, 0.29) is 5.91 Å². The van der Waals surface area contributed by atoms with Gasteiger partial charge in [0.1, 0.15) is 0 Å². The fourth-order valence-corrected chi connectivity index (χ4v) is 3.19. The monoisotopic (exact) mass is 195 g/mol. The molecular weight excluding hydrogens is 182 g/mol. The Labute approximate surface area is 81.8 Å². The van der Waals surface area contributed by atoms with E-state index in [1.165, 1.54) is 10.4 Å². The molecule has 2 nitrogen and oxygen atoms in total. The quantitative estimate of drug-likeness (QED) is 0.731. The average molecular weight is 195 g/mol. The number of primary amides is 1. The standard InChI is InChI=1S/C10H13NOS/c1-10(2)4-6-3-7(9(11)12)13-8(6)5-10/h3H,4-5H2,1-2H3,(H2,11,12). The number of fused-ring (bicyclic) bond motifs is 1. The van der Waals surface area contributed by atoms with E-state index >= 15 is 0 Å². The zero-order valence-corrected chi connectivity index (χ0v) is 8.70. The highest BCUT2D eigenvalue weighted by Crippen LogP contribution is 2.40. The first-order valence-corrected chi connectivity index (χ1v) is 5.21. The van der Waals surface area contributed by atoms with Crippen molar-refractivity contribution in [2.45, 2.75) is 26.7 Å². The summed E-state index contributed by atoms with van der Waals surface area (Å²) in [5.74, 6) is -0.294. The molecule has 1 aliphatic rings. The summed E-state index contributed by atoms with van der Waals surface area (Å²) < 4.78 is 0. The van der Waals surface area contributed by atoms with E-state index in [1.807, 2.05) is 6.07 Å². The second-order valence-electron chi connectivity index (χ2n) is 4.44. The summed E-state index contributed by atoms with van der Waals surface area (Å²) in [4.78, 5) is 13.0. The SMILES string of the molecule is CC1(C)Cc2cc(C(N)=O)sc2C1. The van der Waals surface area contributed by atoms with Crippen LogP contribution in [0.25, 0.3) is 0 Å². The van der Waals surface area contributed by atoms with Crippen LogP contribution >= 0.6 is 11.3 Å². The molecule has 1 heterocycles. The van der Waals surface area contributed by atoms with Gasteiger partial charge in [-0.1, -0.05) is 13.8 Å². The van der Waals surface area contributed by atoms with Crippen LogP contribution in [0.15, 0.2) is 6.07 Å². The number of thiophene rings is 1. The molecule has 1 amide bonds. The number of hydrogen-bond acceptors (Lipinski definition) is 2. The molecule has 0 unspecified atom stereocenters. The molecule has 2 rings (SSSR count). The number of nitrogens with two attached hydrogens (primary N) is 1. The van der Waals surface area contributed by atoms with E-state index in [0.717, 1.165) is 12.8 Å². The van der Waals surface area contributed by atoms with Crippen molar-refractivity contribution < 1.29 is 4.79 Å². The highest BCUT2D eigenvalue weighted by molar-refractivity contribution is 7.14. The Morgan fingerprint density at radius 3 is 2.77 bits per heavy atom. The van der Waals surface area contributed by atoms with Crippen LogP contribution in [-0.4, -0.2) is 5.91 Å². The van der Waals surface area contributed by atoms with Crippen molar-refractivity contribution in [3.63, 3.8) is 0 Å². The third-order valence-corrected chi connectivity index (χ3v) is 3.64. The van der Waals surface area contributed by atoms with Crippen molar-refractivity contribution in [3.8, 4) is 0 Å². The topological polar surface area (TPSA) is 43.1 Å². The maximum atomic E-state index is 10.9. The molecule has 70 valence electrons. The van der Waals surface area contributed by atoms with Crippen LogP contribution in [0.3, 0.4) is 0 Å². The summed E-state index contributed by atoms with van der Waals surface area (Å²) in [5, 5.41) is 0. The molecule has 0 saturated carbocycles. The zero-order valence-electron chi connectivity index (χ0n) is 7.89. The Bertz CT molecular complexity index is 340. The van der Waals surface area contributed by atoms with Gasteiger partial charge >= 0.3 is 0 Å². The molecule has 0 bridgehead atoms. The van der Waals surface area contributed by atoms with Gasteiger partial charge in [0, 0.05) is 4.88 Å². The van der Waals surface area contributed by atoms with Gasteiger partial charge in [-0.05, 0) is 29.9 Å². The molecule has 0 radical (unpaired) electrons. The molecule has 2 N–H and O–H groups in total.